The van der Waals surface area contributed by atoms with Gasteiger partial charge in [-0.2, -0.15) is 11.8 Å². The van der Waals surface area contributed by atoms with E-state index in [1.54, 1.807) is 23.9 Å². The molecule has 0 aromatic carbocycles. The molecule has 0 unspecified atom stereocenters. The Labute approximate surface area is 161 Å². The summed E-state index contributed by atoms with van der Waals surface area (Å²) in [5.74, 6) is 0.674. The summed E-state index contributed by atoms with van der Waals surface area (Å²) in [6, 6.07) is 3.31. The monoisotopic (exact) mass is 392 g/mol. The number of carboxylic acid groups (broad SMARTS) is 1. The average Bonchev–Trinajstić information content (AvgIpc) is 3.39. The van der Waals surface area contributed by atoms with Gasteiger partial charge in [-0.1, -0.05) is 0 Å². The number of aromatic nitrogens is 1. The molecule has 3 aliphatic rings. The van der Waals surface area contributed by atoms with Gasteiger partial charge in [0.2, 0.25) is 5.88 Å². The molecule has 1 saturated heterocycles. The number of hydrogen-bond acceptors (Lipinski definition) is 6. The third kappa shape index (κ3) is 3.91. The Morgan fingerprint density at radius 3 is 2.56 bits per heavy atom. The van der Waals surface area contributed by atoms with Crippen LogP contribution in [-0.4, -0.2) is 50.7 Å². The summed E-state index contributed by atoms with van der Waals surface area (Å²) in [5, 5.41) is 22.7. The number of thioether (sulfide) groups is 1. The van der Waals surface area contributed by atoms with E-state index in [2.05, 4.69) is 10.3 Å². The molecule has 0 atom stereocenters. The third-order valence-corrected chi connectivity index (χ3v) is 7.07. The molecular formula is C19H24N2O5S. The standard InChI is InChI=1S/C19H24N2O5S/c22-15(23)8-18(10-27-11-18)21-16(24)14-5-4-13(19(25)6-1-7-19)17(20-14)26-9-12-2-3-12/h4-5,12,25H,1-3,6-11H2,(H,21,24)(H,22,23). The zero-order chi connectivity index (χ0) is 19.1. The minimum absolute atomic E-state index is 0.103. The SMILES string of the molecule is O=C(O)CC1(NC(=O)c2ccc(C3(O)CCC3)c(OCC3CC3)n2)CSC1. The first-order valence-electron chi connectivity index (χ1n) is 9.38. The van der Waals surface area contributed by atoms with Crippen molar-refractivity contribution in [1.82, 2.24) is 10.3 Å². The van der Waals surface area contributed by atoms with Gasteiger partial charge in [-0.05, 0) is 50.2 Å². The van der Waals surface area contributed by atoms with E-state index in [9.17, 15) is 14.7 Å². The van der Waals surface area contributed by atoms with Crippen LogP contribution in [-0.2, 0) is 10.4 Å². The Kier molecular flexibility index (Phi) is 4.80. The fourth-order valence-electron chi connectivity index (χ4n) is 3.45. The average molecular weight is 392 g/mol. The van der Waals surface area contributed by atoms with Gasteiger partial charge < -0.3 is 20.3 Å². The Morgan fingerprint density at radius 1 is 1.30 bits per heavy atom. The van der Waals surface area contributed by atoms with E-state index in [4.69, 9.17) is 9.84 Å². The lowest BCUT2D eigenvalue weighted by atomic mass is 9.75. The molecule has 7 nitrogen and oxygen atoms in total. The molecule has 2 heterocycles. The van der Waals surface area contributed by atoms with Crippen LogP contribution in [0.5, 0.6) is 5.88 Å². The molecular weight excluding hydrogens is 368 g/mol. The first-order chi connectivity index (χ1) is 12.9. The number of carboxylic acids is 1. The number of nitrogens with one attached hydrogen (secondary N) is 1. The number of pyridine rings is 1. The van der Waals surface area contributed by atoms with Gasteiger partial charge in [-0.3, -0.25) is 9.59 Å². The summed E-state index contributed by atoms with van der Waals surface area (Å²) in [6.45, 7) is 0.542. The molecule has 1 aromatic rings. The number of hydrogen-bond donors (Lipinski definition) is 3. The van der Waals surface area contributed by atoms with E-state index < -0.39 is 23.0 Å². The third-order valence-electron chi connectivity index (χ3n) is 5.55. The Morgan fingerprint density at radius 2 is 2.04 bits per heavy atom. The van der Waals surface area contributed by atoms with Crippen molar-refractivity contribution in [3.63, 3.8) is 0 Å². The van der Waals surface area contributed by atoms with E-state index in [1.165, 1.54) is 0 Å². The molecule has 3 N–H and O–H groups in total. The second-order valence-corrected chi connectivity index (χ2v) is 8.97. The van der Waals surface area contributed by atoms with Gasteiger partial charge in [0.1, 0.15) is 5.69 Å². The highest BCUT2D eigenvalue weighted by Gasteiger charge is 2.43. The predicted molar refractivity (Wildman–Crippen MR) is 100.0 cm³/mol. The van der Waals surface area contributed by atoms with Crippen molar-refractivity contribution in [1.29, 1.82) is 0 Å². The number of rotatable bonds is 8. The summed E-state index contributed by atoms with van der Waals surface area (Å²) >= 11 is 1.60. The van der Waals surface area contributed by atoms with E-state index in [-0.39, 0.29) is 12.1 Å². The van der Waals surface area contributed by atoms with Crippen LogP contribution in [0, 0.1) is 5.92 Å². The molecule has 0 bridgehead atoms. The lowest BCUT2D eigenvalue weighted by Gasteiger charge is -2.40. The van der Waals surface area contributed by atoms with Gasteiger partial charge >= 0.3 is 5.97 Å². The van der Waals surface area contributed by atoms with Crippen LogP contribution in [0.3, 0.4) is 0 Å². The molecule has 2 saturated carbocycles. The summed E-state index contributed by atoms with van der Waals surface area (Å²) in [5.41, 5.74) is -0.801. The van der Waals surface area contributed by atoms with Crippen molar-refractivity contribution in [2.45, 2.75) is 49.7 Å². The van der Waals surface area contributed by atoms with Crippen LogP contribution >= 0.6 is 11.8 Å². The molecule has 0 spiro atoms. The van der Waals surface area contributed by atoms with E-state index in [0.717, 1.165) is 19.3 Å². The summed E-state index contributed by atoms with van der Waals surface area (Å²) < 4.78 is 5.86. The fraction of sp³-hybridized carbons (Fsp3) is 0.632. The normalized spacial score (nSPS) is 22.3. The van der Waals surface area contributed by atoms with Crippen molar-refractivity contribution in [3.05, 3.63) is 23.4 Å². The van der Waals surface area contributed by atoms with E-state index in [0.29, 0.717) is 48.3 Å². The Bertz CT molecular complexity index is 756. The summed E-state index contributed by atoms with van der Waals surface area (Å²) in [6.07, 6.45) is 4.45. The van der Waals surface area contributed by atoms with Crippen molar-refractivity contribution in [2.24, 2.45) is 5.92 Å². The zero-order valence-corrected chi connectivity index (χ0v) is 15.9. The van der Waals surface area contributed by atoms with Gasteiger partial charge in [0.05, 0.1) is 24.2 Å². The number of aliphatic carboxylic acids is 1. The highest BCUT2D eigenvalue weighted by molar-refractivity contribution is 8.00. The molecule has 1 amide bonds. The topological polar surface area (TPSA) is 109 Å². The van der Waals surface area contributed by atoms with Gasteiger partial charge in [-0.25, -0.2) is 4.98 Å². The van der Waals surface area contributed by atoms with E-state index >= 15 is 0 Å². The minimum Gasteiger partial charge on any atom is -0.481 e. The van der Waals surface area contributed by atoms with Crippen LogP contribution in [0.4, 0.5) is 0 Å². The maximum absolute atomic E-state index is 12.7. The van der Waals surface area contributed by atoms with Crippen molar-refractivity contribution in [3.8, 4) is 5.88 Å². The number of ether oxygens (including phenoxy) is 1. The number of carbonyl (C=O) groups excluding carboxylic acids is 1. The Hall–Kier alpha value is -1.80. The van der Waals surface area contributed by atoms with Crippen LogP contribution in [0.2, 0.25) is 0 Å². The molecule has 8 heteroatoms. The van der Waals surface area contributed by atoms with Gasteiger partial charge in [0, 0.05) is 17.1 Å². The molecule has 4 rings (SSSR count). The second kappa shape index (κ2) is 6.98. The molecule has 2 aliphatic carbocycles. The highest BCUT2D eigenvalue weighted by atomic mass is 32.2. The van der Waals surface area contributed by atoms with Crippen molar-refractivity contribution >= 4 is 23.6 Å². The highest BCUT2D eigenvalue weighted by Crippen LogP contribution is 2.44. The molecule has 1 aliphatic heterocycles. The van der Waals surface area contributed by atoms with Crippen molar-refractivity contribution < 1.29 is 24.5 Å². The maximum atomic E-state index is 12.7. The van der Waals surface area contributed by atoms with Crippen LogP contribution in [0.15, 0.2) is 12.1 Å². The largest absolute Gasteiger partial charge is 0.481 e. The smallest absolute Gasteiger partial charge is 0.305 e. The summed E-state index contributed by atoms with van der Waals surface area (Å²) in [4.78, 5) is 28.2. The predicted octanol–water partition coefficient (Wildman–Crippen LogP) is 1.93. The summed E-state index contributed by atoms with van der Waals surface area (Å²) in [7, 11) is 0. The first-order valence-corrected chi connectivity index (χ1v) is 10.5. The lowest BCUT2D eigenvalue weighted by Crippen LogP contribution is -2.59. The molecule has 146 valence electrons. The van der Waals surface area contributed by atoms with Crippen LogP contribution in [0.25, 0.3) is 0 Å². The van der Waals surface area contributed by atoms with Crippen molar-refractivity contribution in [2.75, 3.05) is 18.1 Å². The lowest BCUT2D eigenvalue weighted by molar-refractivity contribution is -0.138. The quantitative estimate of drug-likeness (QED) is 0.620. The van der Waals surface area contributed by atoms with Crippen LogP contribution in [0.1, 0.15) is 54.6 Å². The second-order valence-electron chi connectivity index (χ2n) is 7.99. The zero-order valence-electron chi connectivity index (χ0n) is 15.1. The fourth-order valence-corrected chi connectivity index (χ4v) is 4.50. The number of nitrogens with zero attached hydrogens (tertiary/aromatic N) is 1. The number of carbonyl (C=O) groups is 2. The van der Waals surface area contributed by atoms with E-state index in [1.807, 2.05) is 0 Å². The molecule has 27 heavy (non-hydrogen) atoms. The van der Waals surface area contributed by atoms with Crippen LogP contribution < -0.4 is 10.1 Å². The number of amides is 1. The number of aliphatic hydroxyl groups is 1. The maximum Gasteiger partial charge on any atom is 0.305 e. The molecule has 3 fully saturated rings. The minimum atomic E-state index is -0.931. The molecule has 1 aromatic heterocycles. The first kappa shape index (κ1) is 18.6. The van der Waals surface area contributed by atoms with Gasteiger partial charge in [0.25, 0.3) is 5.91 Å². The Balaban J connectivity index is 1.53. The van der Waals surface area contributed by atoms with Gasteiger partial charge in [0.15, 0.2) is 0 Å². The van der Waals surface area contributed by atoms with Gasteiger partial charge in [-0.15, -0.1) is 0 Å². The molecule has 0 radical (unpaired) electrons.